The molecule has 15 heavy (non-hydrogen) atoms. The van der Waals surface area contributed by atoms with Crippen molar-refractivity contribution in [1.29, 1.82) is 0 Å². The number of rotatable bonds is 3. The van der Waals surface area contributed by atoms with Gasteiger partial charge in [-0.15, -0.1) is 0 Å². The topological polar surface area (TPSA) is 0 Å². The molecule has 0 nitrogen and oxygen atoms in total. The van der Waals surface area contributed by atoms with Crippen molar-refractivity contribution in [3.8, 4) is 0 Å². The van der Waals surface area contributed by atoms with E-state index in [1.165, 1.54) is 5.57 Å². The Morgan fingerprint density at radius 3 is 1.87 bits per heavy atom. The van der Waals surface area contributed by atoms with E-state index in [2.05, 4.69) is 32.6 Å². The van der Waals surface area contributed by atoms with Gasteiger partial charge < -0.3 is 0 Å². The number of allylic oxidation sites excluding steroid dienone is 5. The molecule has 0 aliphatic heterocycles. The molecule has 0 bridgehead atoms. The van der Waals surface area contributed by atoms with Crippen LogP contribution in [-0.4, -0.2) is 0 Å². The third kappa shape index (κ3) is 10.4. The summed E-state index contributed by atoms with van der Waals surface area (Å²) in [4.78, 5) is 0. The molecule has 0 fully saturated rings. The second kappa shape index (κ2) is 10.5. The van der Waals surface area contributed by atoms with Crippen molar-refractivity contribution in [2.24, 2.45) is 0 Å². The predicted molar refractivity (Wildman–Crippen MR) is 69.8 cm³/mol. The molecule has 0 saturated carbocycles. The lowest BCUT2D eigenvalue weighted by Crippen LogP contribution is -1.63. The van der Waals surface area contributed by atoms with Crippen LogP contribution in [-0.2, 0) is 0 Å². The van der Waals surface area contributed by atoms with E-state index in [9.17, 15) is 0 Å². The van der Waals surface area contributed by atoms with E-state index in [0.717, 1.165) is 6.42 Å². The molecule has 0 unspecified atom stereocenters. The molecule has 80 valence electrons. The van der Waals surface area contributed by atoms with E-state index in [1.54, 1.807) is 6.08 Å². The first-order valence-corrected chi connectivity index (χ1v) is 5.27. The fourth-order valence-electron chi connectivity index (χ4n) is 0.930. The zero-order valence-electron chi connectivity index (χ0n) is 9.69. The molecule has 1 rings (SSSR count). The van der Waals surface area contributed by atoms with E-state index < -0.39 is 0 Å². The summed E-state index contributed by atoms with van der Waals surface area (Å²) in [5.41, 5.74) is 1.26. The number of hydrogen-bond acceptors (Lipinski definition) is 0. The minimum atomic E-state index is 1.10. The molecule has 0 aliphatic carbocycles. The Bertz CT molecular complexity index is 264. The molecule has 0 N–H and O–H groups in total. The molecule has 0 saturated heterocycles. The summed E-state index contributed by atoms with van der Waals surface area (Å²) in [7, 11) is 0. The second-order valence-electron chi connectivity index (χ2n) is 3.11. The van der Waals surface area contributed by atoms with Crippen LogP contribution in [0.5, 0.6) is 0 Å². The monoisotopic (exact) mass is 200 g/mol. The molecule has 0 amide bonds. The van der Waals surface area contributed by atoms with E-state index in [0.29, 0.717) is 0 Å². The normalized spacial score (nSPS) is 10.7. The third-order valence-corrected chi connectivity index (χ3v) is 1.66. The van der Waals surface area contributed by atoms with Gasteiger partial charge in [-0.1, -0.05) is 79.8 Å². The van der Waals surface area contributed by atoms with Gasteiger partial charge in [0.25, 0.3) is 0 Å². The fourth-order valence-corrected chi connectivity index (χ4v) is 0.930. The van der Waals surface area contributed by atoms with Crippen LogP contribution in [0.1, 0.15) is 20.3 Å². The van der Waals surface area contributed by atoms with Gasteiger partial charge in [-0.2, -0.15) is 0 Å². The fraction of sp³-hybridized carbons (Fsp3) is 0.200. The highest BCUT2D eigenvalue weighted by Gasteiger charge is 1.74. The first-order chi connectivity index (χ1) is 7.31. The summed E-state index contributed by atoms with van der Waals surface area (Å²) in [6.07, 6.45) is 9.13. The summed E-state index contributed by atoms with van der Waals surface area (Å²) >= 11 is 0. The van der Waals surface area contributed by atoms with Crippen LogP contribution in [0.3, 0.4) is 0 Å². The van der Waals surface area contributed by atoms with Crippen LogP contribution < -0.4 is 0 Å². The van der Waals surface area contributed by atoms with E-state index in [1.807, 2.05) is 42.5 Å². The van der Waals surface area contributed by atoms with E-state index >= 15 is 0 Å². The molecule has 0 atom stereocenters. The molecular formula is C15H20. The van der Waals surface area contributed by atoms with E-state index in [-0.39, 0.29) is 0 Å². The first kappa shape index (κ1) is 13.4. The van der Waals surface area contributed by atoms with Crippen LogP contribution in [0.4, 0.5) is 0 Å². The second-order valence-corrected chi connectivity index (χ2v) is 3.11. The summed E-state index contributed by atoms with van der Waals surface area (Å²) in [5, 5.41) is 0. The van der Waals surface area contributed by atoms with Crippen LogP contribution in [0, 0.1) is 0 Å². The van der Waals surface area contributed by atoms with Crippen molar-refractivity contribution in [1.82, 2.24) is 0 Å². The van der Waals surface area contributed by atoms with Gasteiger partial charge in [0.15, 0.2) is 0 Å². The maximum Gasteiger partial charge on any atom is -0.0376 e. The average Bonchev–Trinajstić information content (AvgIpc) is 2.30. The van der Waals surface area contributed by atoms with Crippen LogP contribution in [0.2, 0.25) is 0 Å². The molecule has 0 heteroatoms. The van der Waals surface area contributed by atoms with Crippen molar-refractivity contribution >= 4 is 0 Å². The summed E-state index contributed by atoms with van der Waals surface area (Å²) in [6, 6.07) is 12.0. The van der Waals surface area contributed by atoms with E-state index in [4.69, 9.17) is 0 Å². The third-order valence-electron chi connectivity index (χ3n) is 1.66. The van der Waals surface area contributed by atoms with Crippen molar-refractivity contribution in [2.75, 3.05) is 0 Å². The molecule has 0 radical (unpaired) electrons. The Kier molecular flexibility index (Phi) is 9.43. The number of benzene rings is 1. The molecule has 0 spiro atoms. The maximum absolute atomic E-state index is 3.60. The zero-order valence-corrected chi connectivity index (χ0v) is 9.69. The van der Waals surface area contributed by atoms with Crippen LogP contribution >= 0.6 is 0 Å². The lowest BCUT2D eigenvalue weighted by molar-refractivity contribution is 1.22. The Hall–Kier alpha value is -1.56. The van der Waals surface area contributed by atoms with Crippen molar-refractivity contribution in [3.05, 3.63) is 72.9 Å². The molecule has 1 aromatic rings. The Morgan fingerprint density at radius 1 is 1.07 bits per heavy atom. The average molecular weight is 200 g/mol. The van der Waals surface area contributed by atoms with Crippen molar-refractivity contribution in [2.45, 2.75) is 20.3 Å². The standard InChI is InChI=1S/C9H14.C6H6/c1-4-6-8-9(3)7-5-2;1-2-4-6-5-3-1/h5-8H,2,4H2,1,3H3;1-6H/b8-6-,9-7-;. The largest absolute Gasteiger partial charge is 0.0991 e. The molecular weight excluding hydrogens is 180 g/mol. The maximum atomic E-state index is 3.60. The Balaban J connectivity index is 0.000000280. The van der Waals surface area contributed by atoms with Gasteiger partial charge >= 0.3 is 0 Å². The summed E-state index contributed by atoms with van der Waals surface area (Å²) < 4.78 is 0. The van der Waals surface area contributed by atoms with Gasteiger partial charge in [0, 0.05) is 0 Å². The smallest absolute Gasteiger partial charge is 0.0376 e. The van der Waals surface area contributed by atoms with Crippen LogP contribution in [0.15, 0.2) is 72.9 Å². The SMILES string of the molecule is C=C/C=C(C)\C=C/CC.c1ccccc1. The van der Waals surface area contributed by atoms with Crippen LogP contribution in [0.25, 0.3) is 0 Å². The summed E-state index contributed by atoms with van der Waals surface area (Å²) in [6.45, 7) is 7.78. The van der Waals surface area contributed by atoms with Gasteiger partial charge in [-0.25, -0.2) is 0 Å². The highest BCUT2D eigenvalue weighted by molar-refractivity contribution is 5.20. The number of hydrogen-bond donors (Lipinski definition) is 0. The Morgan fingerprint density at radius 2 is 1.53 bits per heavy atom. The highest BCUT2D eigenvalue weighted by Crippen LogP contribution is 1.95. The Labute approximate surface area is 93.7 Å². The predicted octanol–water partition coefficient (Wildman–Crippen LogP) is 4.77. The zero-order chi connectivity index (χ0) is 11.4. The van der Waals surface area contributed by atoms with Gasteiger partial charge in [0.1, 0.15) is 0 Å². The minimum Gasteiger partial charge on any atom is -0.0991 e. The molecule has 0 aliphatic rings. The highest BCUT2D eigenvalue weighted by atomic mass is 13.8. The van der Waals surface area contributed by atoms with Crippen molar-refractivity contribution in [3.63, 3.8) is 0 Å². The first-order valence-electron chi connectivity index (χ1n) is 5.27. The van der Waals surface area contributed by atoms with Gasteiger partial charge in [-0.05, 0) is 13.3 Å². The molecule has 0 heterocycles. The van der Waals surface area contributed by atoms with Gasteiger partial charge in [0.2, 0.25) is 0 Å². The lowest BCUT2D eigenvalue weighted by atomic mass is 10.2. The lowest BCUT2D eigenvalue weighted by Gasteiger charge is -1.84. The van der Waals surface area contributed by atoms with Crippen molar-refractivity contribution < 1.29 is 0 Å². The quantitative estimate of drug-likeness (QED) is 0.616. The summed E-state index contributed by atoms with van der Waals surface area (Å²) in [5.74, 6) is 0. The molecule has 0 aromatic heterocycles. The molecule has 1 aromatic carbocycles. The minimum absolute atomic E-state index is 1.10. The van der Waals surface area contributed by atoms with Gasteiger partial charge in [0.05, 0.1) is 0 Å². The van der Waals surface area contributed by atoms with Gasteiger partial charge in [-0.3, -0.25) is 0 Å².